The summed E-state index contributed by atoms with van der Waals surface area (Å²) in [5.74, 6) is 2.06. The number of allylic oxidation sites excluding steroid dienone is 1. The SMILES string of the molecule is C=C1OC(=O)C2C3CCC(CC3)C12C. The Morgan fingerprint density at radius 3 is 2.57 bits per heavy atom. The van der Waals surface area contributed by atoms with Crippen molar-refractivity contribution in [2.75, 3.05) is 0 Å². The molecule has 0 spiro atoms. The largest absolute Gasteiger partial charge is 0.431 e. The van der Waals surface area contributed by atoms with E-state index in [1.54, 1.807) is 0 Å². The third-order valence-electron chi connectivity index (χ3n) is 4.82. The fourth-order valence-corrected chi connectivity index (χ4v) is 3.93. The Bertz CT molecular complexity index is 312. The second-order valence-corrected chi connectivity index (χ2v) is 5.22. The molecule has 1 heterocycles. The summed E-state index contributed by atoms with van der Waals surface area (Å²) in [5, 5.41) is 0. The van der Waals surface area contributed by atoms with Gasteiger partial charge in [-0.15, -0.1) is 0 Å². The van der Waals surface area contributed by atoms with Crippen LogP contribution in [0.3, 0.4) is 0 Å². The summed E-state index contributed by atoms with van der Waals surface area (Å²) >= 11 is 0. The quantitative estimate of drug-likeness (QED) is 0.551. The normalized spacial score (nSPS) is 50.5. The van der Waals surface area contributed by atoms with Crippen LogP contribution in [0.4, 0.5) is 0 Å². The van der Waals surface area contributed by atoms with Gasteiger partial charge in [0.15, 0.2) is 0 Å². The maximum absolute atomic E-state index is 11.7. The molecule has 3 aliphatic carbocycles. The van der Waals surface area contributed by atoms with Gasteiger partial charge in [0.2, 0.25) is 0 Å². The second-order valence-electron chi connectivity index (χ2n) is 5.22. The van der Waals surface area contributed by atoms with Crippen LogP contribution in [0.25, 0.3) is 0 Å². The van der Waals surface area contributed by atoms with Crippen LogP contribution in [0.5, 0.6) is 0 Å². The fourth-order valence-electron chi connectivity index (χ4n) is 3.93. The Morgan fingerprint density at radius 1 is 1.36 bits per heavy atom. The van der Waals surface area contributed by atoms with Crippen LogP contribution in [0.15, 0.2) is 12.3 Å². The molecule has 0 aromatic heterocycles. The van der Waals surface area contributed by atoms with Crippen LogP contribution >= 0.6 is 0 Å². The van der Waals surface area contributed by atoms with Gasteiger partial charge in [-0.1, -0.05) is 13.5 Å². The minimum Gasteiger partial charge on any atom is -0.431 e. The highest BCUT2D eigenvalue weighted by Crippen LogP contribution is 2.62. The Hall–Kier alpha value is -0.790. The van der Waals surface area contributed by atoms with E-state index in [2.05, 4.69) is 13.5 Å². The van der Waals surface area contributed by atoms with E-state index in [1.807, 2.05) is 0 Å². The molecule has 0 amide bonds. The molecule has 0 aromatic rings. The summed E-state index contributed by atoms with van der Waals surface area (Å²) in [5.41, 5.74) is -0.0295. The van der Waals surface area contributed by atoms with Gasteiger partial charge in [0.1, 0.15) is 5.76 Å². The minimum atomic E-state index is -0.0295. The Kier molecular flexibility index (Phi) is 1.47. The Labute approximate surface area is 84.3 Å². The van der Waals surface area contributed by atoms with Crippen molar-refractivity contribution < 1.29 is 9.53 Å². The van der Waals surface area contributed by atoms with E-state index in [1.165, 1.54) is 25.7 Å². The lowest BCUT2D eigenvalue weighted by Gasteiger charge is -2.50. The molecule has 2 heteroatoms. The molecule has 1 aliphatic heterocycles. The topological polar surface area (TPSA) is 26.3 Å². The van der Waals surface area contributed by atoms with Gasteiger partial charge in [-0.25, -0.2) is 0 Å². The molecule has 76 valence electrons. The Morgan fingerprint density at radius 2 is 2.00 bits per heavy atom. The number of ether oxygens (including phenoxy) is 1. The molecule has 4 fully saturated rings. The number of hydrogen-bond acceptors (Lipinski definition) is 2. The van der Waals surface area contributed by atoms with E-state index < -0.39 is 0 Å². The lowest BCUT2D eigenvalue weighted by atomic mass is 9.51. The van der Waals surface area contributed by atoms with Crippen LogP contribution < -0.4 is 0 Å². The lowest BCUT2D eigenvalue weighted by Crippen LogP contribution is -2.47. The highest BCUT2D eigenvalue weighted by molar-refractivity contribution is 5.79. The first-order valence-corrected chi connectivity index (χ1v) is 5.55. The minimum absolute atomic E-state index is 0.00750. The van der Waals surface area contributed by atoms with E-state index in [-0.39, 0.29) is 17.3 Å². The molecule has 4 rings (SSSR count). The zero-order chi connectivity index (χ0) is 9.92. The van der Waals surface area contributed by atoms with Crippen molar-refractivity contribution in [3.8, 4) is 0 Å². The van der Waals surface area contributed by atoms with Crippen molar-refractivity contribution in [1.29, 1.82) is 0 Å². The molecule has 0 N–H and O–H groups in total. The van der Waals surface area contributed by atoms with Gasteiger partial charge in [0.05, 0.1) is 5.92 Å². The summed E-state index contributed by atoms with van der Waals surface area (Å²) in [7, 11) is 0. The molecule has 2 unspecified atom stereocenters. The molecule has 1 saturated heterocycles. The monoisotopic (exact) mass is 192 g/mol. The lowest BCUT2D eigenvalue weighted by molar-refractivity contribution is -0.144. The molecule has 4 aliphatic rings. The standard InChI is InChI=1S/C12H16O2/c1-7-12(2)9-5-3-8(4-6-9)10(12)11(13)14-7/h8-10H,1,3-6H2,2H3. The molecule has 2 nitrogen and oxygen atoms in total. The first-order chi connectivity index (χ1) is 6.64. The van der Waals surface area contributed by atoms with Crippen molar-refractivity contribution >= 4 is 5.97 Å². The highest BCUT2D eigenvalue weighted by atomic mass is 16.5. The first-order valence-electron chi connectivity index (χ1n) is 5.55. The van der Waals surface area contributed by atoms with E-state index in [0.717, 1.165) is 5.76 Å². The first kappa shape index (κ1) is 8.51. The molecular formula is C12H16O2. The summed E-state index contributed by atoms with van der Waals surface area (Å²) < 4.78 is 5.26. The van der Waals surface area contributed by atoms with Crippen LogP contribution in [0.2, 0.25) is 0 Å². The number of carbonyl (C=O) groups is 1. The number of esters is 1. The smallest absolute Gasteiger partial charge is 0.315 e. The van der Waals surface area contributed by atoms with Gasteiger partial charge in [0, 0.05) is 5.41 Å². The van der Waals surface area contributed by atoms with Crippen molar-refractivity contribution in [1.82, 2.24) is 0 Å². The van der Waals surface area contributed by atoms with E-state index >= 15 is 0 Å². The van der Waals surface area contributed by atoms with Gasteiger partial charge < -0.3 is 4.74 Å². The second kappa shape index (κ2) is 2.41. The molecule has 0 aromatic carbocycles. The van der Waals surface area contributed by atoms with Gasteiger partial charge in [0.25, 0.3) is 0 Å². The van der Waals surface area contributed by atoms with Gasteiger partial charge in [-0.3, -0.25) is 4.79 Å². The summed E-state index contributed by atoms with van der Waals surface area (Å²) in [6.45, 7) is 6.12. The van der Waals surface area contributed by atoms with Crippen molar-refractivity contribution in [3.05, 3.63) is 12.3 Å². The molecule has 2 atom stereocenters. The number of hydrogen-bond donors (Lipinski definition) is 0. The number of cyclic esters (lactones) is 1. The van der Waals surface area contributed by atoms with Gasteiger partial charge in [-0.2, -0.15) is 0 Å². The van der Waals surface area contributed by atoms with Gasteiger partial charge in [-0.05, 0) is 37.5 Å². The van der Waals surface area contributed by atoms with Crippen LogP contribution in [-0.4, -0.2) is 5.97 Å². The molecule has 14 heavy (non-hydrogen) atoms. The number of rotatable bonds is 0. The maximum atomic E-state index is 11.7. The predicted molar refractivity (Wildman–Crippen MR) is 52.3 cm³/mol. The van der Waals surface area contributed by atoms with E-state index in [9.17, 15) is 4.79 Å². The zero-order valence-electron chi connectivity index (χ0n) is 8.58. The molecule has 3 saturated carbocycles. The average molecular weight is 192 g/mol. The summed E-state index contributed by atoms with van der Waals surface area (Å²) in [6, 6.07) is 0. The van der Waals surface area contributed by atoms with E-state index in [0.29, 0.717) is 11.8 Å². The zero-order valence-corrected chi connectivity index (χ0v) is 8.58. The van der Waals surface area contributed by atoms with Crippen molar-refractivity contribution in [2.45, 2.75) is 32.6 Å². The molecule has 0 radical (unpaired) electrons. The van der Waals surface area contributed by atoms with Crippen LogP contribution in [-0.2, 0) is 9.53 Å². The third-order valence-corrected chi connectivity index (χ3v) is 4.82. The average Bonchev–Trinajstić information content (AvgIpc) is 2.42. The van der Waals surface area contributed by atoms with Crippen molar-refractivity contribution in [3.63, 3.8) is 0 Å². The highest BCUT2D eigenvalue weighted by Gasteiger charge is 2.61. The third kappa shape index (κ3) is 0.760. The van der Waals surface area contributed by atoms with Crippen molar-refractivity contribution in [2.24, 2.45) is 23.2 Å². The molecule has 2 bridgehead atoms. The fraction of sp³-hybridized carbons (Fsp3) is 0.750. The van der Waals surface area contributed by atoms with E-state index in [4.69, 9.17) is 4.74 Å². The number of fused-ring (bicyclic) bond motifs is 2. The summed E-state index contributed by atoms with van der Waals surface area (Å²) in [6.07, 6.45) is 4.95. The van der Waals surface area contributed by atoms with Gasteiger partial charge >= 0.3 is 5.97 Å². The van der Waals surface area contributed by atoms with Crippen LogP contribution in [0, 0.1) is 23.2 Å². The summed E-state index contributed by atoms with van der Waals surface area (Å²) in [4.78, 5) is 11.7. The maximum Gasteiger partial charge on any atom is 0.315 e. The predicted octanol–water partition coefficient (Wildman–Crippen LogP) is 2.50. The Balaban J connectivity index is 2.10. The van der Waals surface area contributed by atoms with Crippen LogP contribution in [0.1, 0.15) is 32.6 Å². The number of carbonyl (C=O) groups excluding carboxylic acids is 1. The molecular weight excluding hydrogens is 176 g/mol.